The van der Waals surface area contributed by atoms with Crippen molar-refractivity contribution >= 4 is 6.29 Å². The van der Waals surface area contributed by atoms with Gasteiger partial charge in [0.25, 0.3) is 0 Å². The van der Waals surface area contributed by atoms with Crippen LogP contribution >= 0.6 is 0 Å². The number of aldehydes is 1. The normalized spacial score (nSPS) is 14.2. The van der Waals surface area contributed by atoms with Gasteiger partial charge in [0.1, 0.15) is 6.29 Å². The van der Waals surface area contributed by atoms with Crippen LogP contribution < -0.4 is 0 Å². The van der Waals surface area contributed by atoms with Gasteiger partial charge in [0.15, 0.2) is 0 Å². The third-order valence-corrected chi connectivity index (χ3v) is 0.692. The Morgan fingerprint density at radius 1 is 1.75 bits per heavy atom. The van der Waals surface area contributed by atoms with Crippen LogP contribution in [-0.2, 0) is 4.79 Å². The zero-order valence-corrected chi connectivity index (χ0v) is 4.87. The number of rotatable bonds is 3. The number of allylic oxidation sites excluding steroid dienone is 1. The van der Waals surface area contributed by atoms with Gasteiger partial charge in [-0.25, -0.2) is 0 Å². The molecule has 0 saturated carbocycles. The average Bonchev–Trinajstić information content (AvgIpc) is 1.66. The molecular formula is C6H10O2. The minimum Gasteiger partial charge on any atom is -0.393 e. The third-order valence-electron chi connectivity index (χ3n) is 0.692. The van der Waals surface area contributed by atoms with Crippen molar-refractivity contribution in [2.24, 2.45) is 0 Å². The van der Waals surface area contributed by atoms with Crippen molar-refractivity contribution < 1.29 is 9.90 Å². The average molecular weight is 114 g/mol. The molecule has 0 rings (SSSR count). The summed E-state index contributed by atoms with van der Waals surface area (Å²) in [5.74, 6) is 0. The van der Waals surface area contributed by atoms with Crippen LogP contribution in [0.3, 0.4) is 0 Å². The molecule has 0 aliphatic carbocycles. The van der Waals surface area contributed by atoms with Crippen molar-refractivity contribution in [2.75, 3.05) is 0 Å². The second kappa shape index (κ2) is 4.53. The van der Waals surface area contributed by atoms with E-state index < -0.39 is 0 Å². The van der Waals surface area contributed by atoms with E-state index in [4.69, 9.17) is 5.11 Å². The Labute approximate surface area is 48.8 Å². The van der Waals surface area contributed by atoms with Crippen molar-refractivity contribution in [3.63, 3.8) is 0 Å². The molecule has 0 bridgehead atoms. The van der Waals surface area contributed by atoms with Crippen LogP contribution in [0, 0.1) is 0 Å². The number of hydrogen-bond acceptors (Lipinski definition) is 2. The fourth-order valence-electron chi connectivity index (χ4n) is 0.331. The lowest BCUT2D eigenvalue weighted by Crippen LogP contribution is -1.95. The van der Waals surface area contributed by atoms with Crippen LogP contribution in [0.2, 0.25) is 0 Å². The predicted octanol–water partition coefficient (Wildman–Crippen LogP) is 0.512. The van der Waals surface area contributed by atoms with Crippen molar-refractivity contribution in [1.29, 1.82) is 0 Å². The highest BCUT2D eigenvalue weighted by Crippen LogP contribution is 1.88. The molecule has 0 aromatic rings. The van der Waals surface area contributed by atoms with Crippen molar-refractivity contribution in [3.05, 3.63) is 12.2 Å². The van der Waals surface area contributed by atoms with Gasteiger partial charge in [0.05, 0.1) is 6.10 Å². The van der Waals surface area contributed by atoms with Gasteiger partial charge in [-0.1, -0.05) is 6.08 Å². The summed E-state index contributed by atoms with van der Waals surface area (Å²) < 4.78 is 0. The van der Waals surface area contributed by atoms with Crippen LogP contribution in [-0.4, -0.2) is 17.5 Å². The molecule has 1 unspecified atom stereocenters. The number of hydrogen-bond donors (Lipinski definition) is 1. The van der Waals surface area contributed by atoms with E-state index in [1.54, 1.807) is 13.0 Å². The lowest BCUT2D eigenvalue weighted by molar-refractivity contribution is -0.104. The maximum Gasteiger partial charge on any atom is 0.142 e. The first kappa shape index (κ1) is 7.37. The Balaban J connectivity index is 3.15. The zero-order valence-electron chi connectivity index (χ0n) is 4.87. The van der Waals surface area contributed by atoms with Crippen LogP contribution in [0.1, 0.15) is 13.3 Å². The van der Waals surface area contributed by atoms with Gasteiger partial charge >= 0.3 is 0 Å². The van der Waals surface area contributed by atoms with Gasteiger partial charge in [-0.2, -0.15) is 0 Å². The maximum atomic E-state index is 9.62. The van der Waals surface area contributed by atoms with Crippen LogP contribution in [0.25, 0.3) is 0 Å². The fraction of sp³-hybridized carbons (Fsp3) is 0.500. The van der Waals surface area contributed by atoms with E-state index in [2.05, 4.69) is 0 Å². The zero-order chi connectivity index (χ0) is 6.41. The fourth-order valence-corrected chi connectivity index (χ4v) is 0.331. The molecule has 1 N–H and O–H groups in total. The van der Waals surface area contributed by atoms with E-state index in [-0.39, 0.29) is 6.10 Å². The molecule has 2 nitrogen and oxygen atoms in total. The topological polar surface area (TPSA) is 37.3 Å². The number of carbonyl (C=O) groups excluding carboxylic acids is 1. The van der Waals surface area contributed by atoms with Gasteiger partial charge in [-0.15, -0.1) is 0 Å². The Hall–Kier alpha value is -0.630. The lowest BCUT2D eigenvalue weighted by atomic mass is 10.3. The van der Waals surface area contributed by atoms with Gasteiger partial charge < -0.3 is 5.11 Å². The third kappa shape index (κ3) is 5.37. The SMILES string of the molecule is CC(O)CC=CC=O. The van der Waals surface area contributed by atoms with Crippen molar-refractivity contribution in [3.8, 4) is 0 Å². The molecule has 0 aromatic heterocycles. The molecule has 0 aliphatic rings. The lowest BCUT2D eigenvalue weighted by Gasteiger charge is -1.93. The second-order valence-electron chi connectivity index (χ2n) is 1.65. The van der Waals surface area contributed by atoms with Gasteiger partial charge in [-0.05, 0) is 19.4 Å². The Bertz CT molecular complexity index is 84.5. The summed E-state index contributed by atoms with van der Waals surface area (Å²) in [5.41, 5.74) is 0. The standard InChI is InChI=1S/C6H10O2/c1-6(8)4-2-3-5-7/h2-3,5-6,8H,4H2,1H3. The minimum absolute atomic E-state index is 0.341. The molecule has 0 saturated heterocycles. The summed E-state index contributed by atoms with van der Waals surface area (Å²) in [7, 11) is 0. The molecular weight excluding hydrogens is 104 g/mol. The van der Waals surface area contributed by atoms with E-state index in [9.17, 15) is 4.79 Å². The summed E-state index contributed by atoms with van der Waals surface area (Å²) in [5, 5.41) is 8.61. The predicted molar refractivity (Wildman–Crippen MR) is 31.5 cm³/mol. The molecule has 0 aromatic carbocycles. The second-order valence-corrected chi connectivity index (χ2v) is 1.65. The highest BCUT2D eigenvalue weighted by molar-refractivity contribution is 5.64. The van der Waals surface area contributed by atoms with Gasteiger partial charge in [-0.3, -0.25) is 4.79 Å². The first-order valence-electron chi connectivity index (χ1n) is 2.55. The highest BCUT2D eigenvalue weighted by Gasteiger charge is 1.86. The Morgan fingerprint density at radius 2 is 2.38 bits per heavy atom. The van der Waals surface area contributed by atoms with Crippen molar-refractivity contribution in [2.45, 2.75) is 19.4 Å². The molecule has 0 fully saturated rings. The van der Waals surface area contributed by atoms with E-state index in [0.29, 0.717) is 12.7 Å². The van der Waals surface area contributed by atoms with Crippen LogP contribution in [0.15, 0.2) is 12.2 Å². The molecule has 0 radical (unpaired) electrons. The number of carbonyl (C=O) groups is 1. The molecule has 0 spiro atoms. The molecule has 8 heavy (non-hydrogen) atoms. The Kier molecular flexibility index (Phi) is 4.17. The largest absolute Gasteiger partial charge is 0.393 e. The first-order chi connectivity index (χ1) is 3.77. The number of aliphatic hydroxyl groups is 1. The smallest absolute Gasteiger partial charge is 0.142 e. The molecule has 0 heterocycles. The van der Waals surface area contributed by atoms with E-state index >= 15 is 0 Å². The quantitative estimate of drug-likeness (QED) is 0.429. The highest BCUT2D eigenvalue weighted by atomic mass is 16.3. The summed E-state index contributed by atoms with van der Waals surface area (Å²) in [6, 6.07) is 0. The molecule has 1 atom stereocenters. The summed E-state index contributed by atoms with van der Waals surface area (Å²) in [4.78, 5) is 9.62. The summed E-state index contributed by atoms with van der Waals surface area (Å²) >= 11 is 0. The van der Waals surface area contributed by atoms with E-state index in [1.165, 1.54) is 6.08 Å². The number of aliphatic hydroxyl groups excluding tert-OH is 1. The van der Waals surface area contributed by atoms with Crippen molar-refractivity contribution in [1.82, 2.24) is 0 Å². The van der Waals surface area contributed by atoms with Crippen LogP contribution in [0.4, 0.5) is 0 Å². The van der Waals surface area contributed by atoms with Gasteiger partial charge in [0.2, 0.25) is 0 Å². The molecule has 0 aliphatic heterocycles. The monoisotopic (exact) mass is 114 g/mol. The maximum absolute atomic E-state index is 9.62. The summed E-state index contributed by atoms with van der Waals surface area (Å²) in [6.07, 6.45) is 3.93. The van der Waals surface area contributed by atoms with Gasteiger partial charge in [0, 0.05) is 0 Å². The van der Waals surface area contributed by atoms with Crippen LogP contribution in [0.5, 0.6) is 0 Å². The summed E-state index contributed by atoms with van der Waals surface area (Å²) in [6.45, 7) is 1.68. The Morgan fingerprint density at radius 3 is 2.75 bits per heavy atom. The molecule has 46 valence electrons. The first-order valence-corrected chi connectivity index (χ1v) is 2.55. The molecule has 2 heteroatoms. The van der Waals surface area contributed by atoms with E-state index in [0.717, 1.165) is 0 Å². The molecule has 0 amide bonds. The van der Waals surface area contributed by atoms with E-state index in [1.807, 2.05) is 0 Å². The minimum atomic E-state index is -0.341.